The Labute approximate surface area is 155 Å². The molecular weight excluding hydrogens is 358 g/mol. The number of halogens is 1. The minimum Gasteiger partial charge on any atom is -0.299 e. The Bertz CT molecular complexity index is 616. The summed E-state index contributed by atoms with van der Waals surface area (Å²) in [4.78, 5) is 2.58. The van der Waals surface area contributed by atoms with Gasteiger partial charge in [-0.25, -0.2) is 0 Å². The molecule has 1 fully saturated rings. The van der Waals surface area contributed by atoms with E-state index in [4.69, 9.17) is 0 Å². The number of benzene rings is 2. The van der Waals surface area contributed by atoms with Crippen LogP contribution in [0.2, 0.25) is 0 Å². The van der Waals surface area contributed by atoms with Crippen LogP contribution in [0, 0.1) is 0 Å². The smallest absolute Gasteiger partial charge is 0.0507 e. The Morgan fingerprint density at radius 2 is 1.62 bits per heavy atom. The summed E-state index contributed by atoms with van der Waals surface area (Å²) < 4.78 is 0.305. The molecular formula is C22H28BrN. The zero-order valence-electron chi connectivity index (χ0n) is 14.7. The van der Waals surface area contributed by atoms with Crippen molar-refractivity contribution in [1.82, 2.24) is 4.90 Å². The summed E-state index contributed by atoms with van der Waals surface area (Å²) in [6.45, 7) is 5.69. The van der Waals surface area contributed by atoms with E-state index in [1.165, 1.54) is 61.9 Å². The molecule has 0 atom stereocenters. The minimum atomic E-state index is 0.305. The van der Waals surface area contributed by atoms with Crippen LogP contribution in [0.1, 0.15) is 49.3 Å². The third kappa shape index (κ3) is 4.94. The van der Waals surface area contributed by atoms with Gasteiger partial charge < -0.3 is 0 Å². The van der Waals surface area contributed by atoms with Gasteiger partial charge in [0.2, 0.25) is 0 Å². The largest absolute Gasteiger partial charge is 0.299 e. The van der Waals surface area contributed by atoms with Gasteiger partial charge in [-0.3, -0.25) is 4.90 Å². The first kappa shape index (κ1) is 17.7. The van der Waals surface area contributed by atoms with Gasteiger partial charge in [0, 0.05) is 6.54 Å². The summed E-state index contributed by atoms with van der Waals surface area (Å²) in [7, 11) is 0. The zero-order chi connectivity index (χ0) is 16.8. The third-order valence-electron chi connectivity index (χ3n) is 4.89. The summed E-state index contributed by atoms with van der Waals surface area (Å²) in [5.41, 5.74) is 4.33. The molecule has 0 radical (unpaired) electrons. The van der Waals surface area contributed by atoms with Crippen LogP contribution in [0.5, 0.6) is 0 Å². The summed E-state index contributed by atoms with van der Waals surface area (Å²) >= 11 is 3.84. The third-order valence-corrected chi connectivity index (χ3v) is 6.14. The average molecular weight is 386 g/mol. The highest BCUT2D eigenvalue weighted by Crippen LogP contribution is 2.53. The van der Waals surface area contributed by atoms with Crippen molar-refractivity contribution in [1.29, 1.82) is 0 Å². The minimum absolute atomic E-state index is 0.305. The van der Waals surface area contributed by atoms with E-state index in [0.29, 0.717) is 4.32 Å². The van der Waals surface area contributed by atoms with Crippen molar-refractivity contribution in [3.63, 3.8) is 0 Å². The molecule has 128 valence electrons. The monoisotopic (exact) mass is 385 g/mol. The van der Waals surface area contributed by atoms with Gasteiger partial charge in [0.05, 0.1) is 4.32 Å². The van der Waals surface area contributed by atoms with Crippen LogP contribution in [0.25, 0.3) is 0 Å². The SMILES string of the molecule is CCCN(CCCc1ccc(C2(Br)CC2)cc1)Cc1ccccc1. The first-order valence-electron chi connectivity index (χ1n) is 9.24. The van der Waals surface area contributed by atoms with E-state index < -0.39 is 0 Å². The fourth-order valence-electron chi connectivity index (χ4n) is 3.30. The van der Waals surface area contributed by atoms with Gasteiger partial charge in [0.1, 0.15) is 0 Å². The van der Waals surface area contributed by atoms with Crippen LogP contribution >= 0.6 is 15.9 Å². The van der Waals surface area contributed by atoms with Crippen LogP contribution < -0.4 is 0 Å². The molecule has 0 aliphatic heterocycles. The van der Waals surface area contributed by atoms with Crippen LogP contribution in [-0.4, -0.2) is 18.0 Å². The first-order chi connectivity index (χ1) is 11.7. The molecule has 0 heterocycles. The lowest BCUT2D eigenvalue weighted by Crippen LogP contribution is -2.25. The number of rotatable bonds is 9. The molecule has 2 heteroatoms. The lowest BCUT2D eigenvalue weighted by molar-refractivity contribution is 0.262. The molecule has 1 saturated carbocycles. The van der Waals surface area contributed by atoms with Gasteiger partial charge >= 0.3 is 0 Å². The van der Waals surface area contributed by atoms with Gasteiger partial charge in [-0.15, -0.1) is 0 Å². The van der Waals surface area contributed by atoms with Crippen LogP contribution in [0.3, 0.4) is 0 Å². The van der Waals surface area contributed by atoms with E-state index in [9.17, 15) is 0 Å². The Morgan fingerprint density at radius 3 is 2.25 bits per heavy atom. The summed E-state index contributed by atoms with van der Waals surface area (Å²) in [5, 5.41) is 0. The van der Waals surface area contributed by atoms with Gasteiger partial charge in [-0.2, -0.15) is 0 Å². The van der Waals surface area contributed by atoms with E-state index in [2.05, 4.69) is 82.4 Å². The molecule has 1 aliphatic rings. The maximum atomic E-state index is 3.84. The normalized spacial score (nSPS) is 15.6. The number of hydrogen-bond donors (Lipinski definition) is 0. The number of hydrogen-bond acceptors (Lipinski definition) is 1. The molecule has 1 nitrogen and oxygen atoms in total. The lowest BCUT2D eigenvalue weighted by Gasteiger charge is -2.21. The van der Waals surface area contributed by atoms with E-state index in [1.807, 2.05) is 0 Å². The van der Waals surface area contributed by atoms with Gasteiger partial charge in [0.15, 0.2) is 0 Å². The molecule has 0 amide bonds. The Kier molecular flexibility index (Phi) is 6.13. The number of alkyl halides is 1. The van der Waals surface area contributed by atoms with E-state index in [1.54, 1.807) is 0 Å². The highest BCUT2D eigenvalue weighted by atomic mass is 79.9. The number of nitrogens with zero attached hydrogens (tertiary/aromatic N) is 1. The van der Waals surface area contributed by atoms with Crippen molar-refractivity contribution < 1.29 is 0 Å². The maximum absolute atomic E-state index is 3.84. The predicted octanol–water partition coefficient (Wildman–Crippen LogP) is 5.92. The maximum Gasteiger partial charge on any atom is 0.0507 e. The topological polar surface area (TPSA) is 3.24 Å². The number of aryl methyl sites for hydroxylation is 1. The quantitative estimate of drug-likeness (QED) is 0.484. The molecule has 0 N–H and O–H groups in total. The van der Waals surface area contributed by atoms with Gasteiger partial charge in [0.25, 0.3) is 0 Å². The van der Waals surface area contributed by atoms with Crippen molar-refractivity contribution >= 4 is 15.9 Å². The predicted molar refractivity (Wildman–Crippen MR) is 107 cm³/mol. The average Bonchev–Trinajstić information content (AvgIpc) is 3.35. The van der Waals surface area contributed by atoms with Crippen molar-refractivity contribution in [3.8, 4) is 0 Å². The standard InChI is InChI=1S/C22H28BrN/c1-2-16-24(18-20-7-4-3-5-8-20)17-6-9-19-10-12-21(13-11-19)22(23)14-15-22/h3-5,7-8,10-13H,2,6,9,14-18H2,1H3. The van der Waals surface area contributed by atoms with Crippen LogP contribution in [0.15, 0.2) is 54.6 Å². The lowest BCUT2D eigenvalue weighted by atomic mass is 10.0. The second-order valence-electron chi connectivity index (χ2n) is 7.03. The molecule has 3 rings (SSSR count). The van der Waals surface area contributed by atoms with Gasteiger partial charge in [-0.1, -0.05) is 77.5 Å². The first-order valence-corrected chi connectivity index (χ1v) is 10.0. The second-order valence-corrected chi connectivity index (χ2v) is 8.55. The zero-order valence-corrected chi connectivity index (χ0v) is 16.3. The molecule has 0 aromatic heterocycles. The van der Waals surface area contributed by atoms with E-state index >= 15 is 0 Å². The fourth-order valence-corrected chi connectivity index (χ4v) is 3.77. The molecule has 24 heavy (non-hydrogen) atoms. The van der Waals surface area contributed by atoms with E-state index in [0.717, 1.165) is 6.54 Å². The molecule has 2 aromatic carbocycles. The van der Waals surface area contributed by atoms with Crippen molar-refractivity contribution in [2.24, 2.45) is 0 Å². The van der Waals surface area contributed by atoms with Crippen molar-refractivity contribution in [2.45, 2.75) is 49.9 Å². The molecule has 0 spiro atoms. The Balaban J connectivity index is 1.48. The van der Waals surface area contributed by atoms with Crippen LogP contribution in [0.4, 0.5) is 0 Å². The molecule has 0 saturated heterocycles. The van der Waals surface area contributed by atoms with Gasteiger partial charge in [-0.05, 0) is 61.9 Å². The molecule has 1 aliphatic carbocycles. The summed E-state index contributed by atoms with van der Waals surface area (Å²) in [6, 6.07) is 20.1. The van der Waals surface area contributed by atoms with Crippen molar-refractivity contribution in [2.75, 3.05) is 13.1 Å². The molecule has 0 bridgehead atoms. The highest BCUT2D eigenvalue weighted by molar-refractivity contribution is 9.09. The fraction of sp³-hybridized carbons (Fsp3) is 0.455. The Morgan fingerprint density at radius 1 is 0.917 bits per heavy atom. The summed E-state index contributed by atoms with van der Waals surface area (Å²) in [5.74, 6) is 0. The second kappa shape index (κ2) is 8.31. The van der Waals surface area contributed by atoms with Crippen LogP contribution in [-0.2, 0) is 17.3 Å². The molecule has 2 aromatic rings. The van der Waals surface area contributed by atoms with E-state index in [-0.39, 0.29) is 0 Å². The molecule has 0 unspecified atom stereocenters. The Hall–Kier alpha value is -1.12. The summed E-state index contributed by atoms with van der Waals surface area (Å²) in [6.07, 6.45) is 6.17. The highest BCUT2D eigenvalue weighted by Gasteiger charge is 2.41. The van der Waals surface area contributed by atoms with Crippen molar-refractivity contribution in [3.05, 3.63) is 71.3 Å².